The fourth-order valence-corrected chi connectivity index (χ4v) is 3.63. The third kappa shape index (κ3) is 5.24. The molecule has 0 amide bonds. The molecule has 0 heteroatoms. The van der Waals surface area contributed by atoms with E-state index in [1.54, 1.807) is 0 Å². The van der Waals surface area contributed by atoms with Crippen LogP contribution in [0.3, 0.4) is 0 Å². The minimum absolute atomic E-state index is 0.792. The molecule has 2 rings (SSSR count). The Kier molecular flexibility index (Phi) is 6.87. The molecule has 114 valence electrons. The predicted molar refractivity (Wildman–Crippen MR) is 92.5 cm³/mol. The van der Waals surface area contributed by atoms with Crippen LogP contribution >= 0.6 is 0 Å². The second-order valence-electron chi connectivity index (χ2n) is 6.56. The molecule has 0 spiro atoms. The number of rotatable bonds is 6. The molecule has 0 aliphatic heterocycles. The third-order valence-corrected chi connectivity index (χ3v) is 4.96. The van der Waals surface area contributed by atoms with Crippen LogP contribution in [0.2, 0.25) is 0 Å². The monoisotopic (exact) mass is 282 g/mol. The highest BCUT2D eigenvalue weighted by molar-refractivity contribution is 5.36. The molecule has 0 saturated heterocycles. The van der Waals surface area contributed by atoms with Crippen LogP contribution in [0.15, 0.2) is 24.3 Å². The zero-order valence-electron chi connectivity index (χ0n) is 13.8. The summed E-state index contributed by atoms with van der Waals surface area (Å²) < 4.78 is 0. The fourth-order valence-electron chi connectivity index (χ4n) is 3.63. The van der Waals surface area contributed by atoms with Crippen LogP contribution in [0.4, 0.5) is 0 Å². The van der Waals surface area contributed by atoms with Gasteiger partial charge in [-0.3, -0.25) is 0 Å². The van der Waals surface area contributed by atoms with Gasteiger partial charge in [0.2, 0.25) is 0 Å². The zero-order chi connectivity index (χ0) is 14.9. The van der Waals surface area contributed by atoms with Gasteiger partial charge in [0.15, 0.2) is 0 Å². The SMILES string of the molecule is CC#Cc1ccc(C2CCC(CCCCCC)CC2)cc1. The van der Waals surface area contributed by atoms with Crippen LogP contribution in [0, 0.1) is 17.8 Å². The van der Waals surface area contributed by atoms with E-state index in [-0.39, 0.29) is 0 Å². The van der Waals surface area contributed by atoms with E-state index < -0.39 is 0 Å². The Morgan fingerprint density at radius 3 is 2.29 bits per heavy atom. The van der Waals surface area contributed by atoms with Gasteiger partial charge in [-0.1, -0.05) is 57.1 Å². The maximum atomic E-state index is 3.13. The van der Waals surface area contributed by atoms with Gasteiger partial charge in [0.1, 0.15) is 0 Å². The highest BCUT2D eigenvalue weighted by Crippen LogP contribution is 2.37. The number of unbranched alkanes of at least 4 members (excludes halogenated alkanes) is 3. The van der Waals surface area contributed by atoms with E-state index in [0.717, 1.165) is 17.4 Å². The lowest BCUT2D eigenvalue weighted by Gasteiger charge is -2.29. The van der Waals surface area contributed by atoms with E-state index in [0.29, 0.717) is 0 Å². The highest BCUT2D eigenvalue weighted by atomic mass is 14.3. The van der Waals surface area contributed by atoms with E-state index in [1.807, 2.05) is 6.92 Å². The summed E-state index contributed by atoms with van der Waals surface area (Å²) in [6, 6.07) is 8.96. The molecule has 1 saturated carbocycles. The van der Waals surface area contributed by atoms with Gasteiger partial charge in [-0.2, -0.15) is 0 Å². The van der Waals surface area contributed by atoms with E-state index >= 15 is 0 Å². The lowest BCUT2D eigenvalue weighted by Crippen LogP contribution is -2.13. The number of benzene rings is 1. The Balaban J connectivity index is 1.76. The van der Waals surface area contributed by atoms with Gasteiger partial charge in [-0.15, -0.1) is 5.92 Å². The molecular weight excluding hydrogens is 252 g/mol. The number of hydrogen-bond donors (Lipinski definition) is 0. The average Bonchev–Trinajstić information content (AvgIpc) is 2.53. The van der Waals surface area contributed by atoms with Crippen molar-refractivity contribution in [3.63, 3.8) is 0 Å². The number of hydrogen-bond acceptors (Lipinski definition) is 0. The van der Waals surface area contributed by atoms with Gasteiger partial charge in [-0.25, -0.2) is 0 Å². The quantitative estimate of drug-likeness (QED) is 0.424. The van der Waals surface area contributed by atoms with Crippen LogP contribution in [-0.2, 0) is 0 Å². The second-order valence-corrected chi connectivity index (χ2v) is 6.56. The predicted octanol–water partition coefficient (Wildman–Crippen LogP) is 6.30. The molecule has 0 aromatic heterocycles. The average molecular weight is 282 g/mol. The Hall–Kier alpha value is -1.22. The zero-order valence-corrected chi connectivity index (χ0v) is 13.8. The summed E-state index contributed by atoms with van der Waals surface area (Å²) in [6.07, 6.45) is 12.8. The van der Waals surface area contributed by atoms with E-state index in [9.17, 15) is 0 Å². The Bertz CT molecular complexity index is 449. The van der Waals surface area contributed by atoms with Crippen molar-refractivity contribution in [1.82, 2.24) is 0 Å². The van der Waals surface area contributed by atoms with Crippen molar-refractivity contribution < 1.29 is 0 Å². The minimum atomic E-state index is 0.792. The Morgan fingerprint density at radius 2 is 1.67 bits per heavy atom. The first-order valence-corrected chi connectivity index (χ1v) is 8.86. The molecule has 0 radical (unpaired) electrons. The van der Waals surface area contributed by atoms with Crippen molar-refractivity contribution >= 4 is 0 Å². The van der Waals surface area contributed by atoms with Crippen molar-refractivity contribution in [2.24, 2.45) is 5.92 Å². The fraction of sp³-hybridized carbons (Fsp3) is 0.619. The normalized spacial score (nSPS) is 21.6. The molecule has 0 nitrogen and oxygen atoms in total. The van der Waals surface area contributed by atoms with Crippen LogP contribution in [0.1, 0.15) is 88.7 Å². The van der Waals surface area contributed by atoms with Crippen molar-refractivity contribution in [2.45, 2.75) is 77.6 Å². The lowest BCUT2D eigenvalue weighted by molar-refractivity contribution is 0.302. The van der Waals surface area contributed by atoms with Crippen LogP contribution in [0.5, 0.6) is 0 Å². The molecule has 0 heterocycles. The van der Waals surface area contributed by atoms with Gasteiger partial charge < -0.3 is 0 Å². The van der Waals surface area contributed by atoms with Gasteiger partial charge in [0.25, 0.3) is 0 Å². The molecule has 0 unspecified atom stereocenters. The summed E-state index contributed by atoms with van der Waals surface area (Å²) in [4.78, 5) is 0. The molecular formula is C21H30. The smallest absolute Gasteiger partial charge is 0.0245 e. The van der Waals surface area contributed by atoms with E-state index in [2.05, 4.69) is 43.0 Å². The molecule has 1 fully saturated rings. The van der Waals surface area contributed by atoms with Crippen LogP contribution in [-0.4, -0.2) is 0 Å². The molecule has 0 atom stereocenters. The first-order chi connectivity index (χ1) is 10.3. The van der Waals surface area contributed by atoms with E-state index in [4.69, 9.17) is 0 Å². The summed E-state index contributed by atoms with van der Waals surface area (Å²) in [5.41, 5.74) is 2.67. The van der Waals surface area contributed by atoms with Crippen LogP contribution < -0.4 is 0 Å². The van der Waals surface area contributed by atoms with Crippen molar-refractivity contribution in [3.8, 4) is 11.8 Å². The molecule has 1 aromatic carbocycles. The van der Waals surface area contributed by atoms with E-state index in [1.165, 1.54) is 63.4 Å². The Labute approximate surface area is 131 Å². The molecule has 0 bridgehead atoms. The maximum Gasteiger partial charge on any atom is 0.0245 e. The second kappa shape index (κ2) is 8.93. The summed E-state index contributed by atoms with van der Waals surface area (Å²) in [6.45, 7) is 4.19. The molecule has 1 aliphatic carbocycles. The largest absolute Gasteiger partial charge is 0.101 e. The van der Waals surface area contributed by atoms with Gasteiger partial charge in [-0.05, 0) is 62.1 Å². The first kappa shape index (κ1) is 16.2. The third-order valence-electron chi connectivity index (χ3n) is 4.96. The van der Waals surface area contributed by atoms with Gasteiger partial charge >= 0.3 is 0 Å². The highest BCUT2D eigenvalue weighted by Gasteiger charge is 2.21. The first-order valence-electron chi connectivity index (χ1n) is 8.86. The summed E-state index contributed by atoms with van der Waals surface area (Å²) in [5.74, 6) is 7.89. The summed E-state index contributed by atoms with van der Waals surface area (Å²) in [5, 5.41) is 0. The maximum absolute atomic E-state index is 3.13. The molecule has 1 aliphatic rings. The van der Waals surface area contributed by atoms with Gasteiger partial charge in [0, 0.05) is 5.56 Å². The summed E-state index contributed by atoms with van der Waals surface area (Å²) in [7, 11) is 0. The minimum Gasteiger partial charge on any atom is -0.101 e. The molecule has 21 heavy (non-hydrogen) atoms. The lowest BCUT2D eigenvalue weighted by atomic mass is 9.77. The summed E-state index contributed by atoms with van der Waals surface area (Å²) >= 11 is 0. The Morgan fingerprint density at radius 1 is 0.952 bits per heavy atom. The van der Waals surface area contributed by atoms with Gasteiger partial charge in [0.05, 0.1) is 0 Å². The van der Waals surface area contributed by atoms with Crippen molar-refractivity contribution in [3.05, 3.63) is 35.4 Å². The molecule has 1 aromatic rings. The van der Waals surface area contributed by atoms with Crippen LogP contribution in [0.25, 0.3) is 0 Å². The van der Waals surface area contributed by atoms with Crippen molar-refractivity contribution in [2.75, 3.05) is 0 Å². The van der Waals surface area contributed by atoms with Crippen molar-refractivity contribution in [1.29, 1.82) is 0 Å². The molecule has 0 N–H and O–H groups in total. The topological polar surface area (TPSA) is 0 Å². The standard InChI is InChI=1S/C21H30/c1-3-5-6-7-9-19-12-16-21(17-13-19)20-14-10-18(8-4-2)11-15-20/h10-11,14-15,19,21H,3,5-7,9,12-13,16-17H2,1-2H3.